The van der Waals surface area contributed by atoms with Gasteiger partial charge in [-0.05, 0) is 63.6 Å². The van der Waals surface area contributed by atoms with Gasteiger partial charge in [-0.15, -0.1) is 0 Å². The van der Waals surface area contributed by atoms with Gasteiger partial charge in [0.1, 0.15) is 17.2 Å². The van der Waals surface area contributed by atoms with Gasteiger partial charge in [0.25, 0.3) is 11.8 Å². The fourth-order valence-electron chi connectivity index (χ4n) is 3.28. The van der Waals surface area contributed by atoms with Crippen LogP contribution in [0.2, 0.25) is 5.02 Å². The van der Waals surface area contributed by atoms with E-state index in [0.717, 1.165) is 0 Å². The molecule has 0 aliphatic carbocycles. The average Bonchev–Trinajstić information content (AvgIpc) is 2.92. The van der Waals surface area contributed by atoms with Gasteiger partial charge in [-0.25, -0.2) is 0 Å². The Labute approximate surface area is 181 Å². The van der Waals surface area contributed by atoms with E-state index in [1.54, 1.807) is 56.3 Å². The summed E-state index contributed by atoms with van der Waals surface area (Å²) in [4.78, 5) is 27.5. The van der Waals surface area contributed by atoms with Crippen LogP contribution in [0.3, 0.4) is 0 Å². The minimum Gasteiger partial charge on any atom is -0.495 e. The zero-order valence-electron chi connectivity index (χ0n) is 17.7. The van der Waals surface area contributed by atoms with Crippen LogP contribution in [-0.2, 0) is 9.59 Å². The molecule has 3 rings (SSSR count). The summed E-state index contributed by atoms with van der Waals surface area (Å²) in [7, 11) is 1.53. The number of nitrogens with zero attached hydrogens (tertiary/aromatic N) is 1. The van der Waals surface area contributed by atoms with Gasteiger partial charge >= 0.3 is 0 Å². The zero-order chi connectivity index (χ0) is 22.0. The van der Waals surface area contributed by atoms with Crippen molar-refractivity contribution in [3.8, 4) is 11.5 Å². The summed E-state index contributed by atoms with van der Waals surface area (Å²) >= 11 is 6.13. The second-order valence-corrected chi connectivity index (χ2v) is 7.92. The molecule has 30 heavy (non-hydrogen) atoms. The Kier molecular flexibility index (Phi) is 6.37. The Morgan fingerprint density at radius 1 is 0.967 bits per heavy atom. The molecule has 1 heterocycles. The monoisotopic (exact) mass is 428 g/mol. The lowest BCUT2D eigenvalue weighted by Gasteiger charge is -2.19. The first-order valence-corrected chi connectivity index (χ1v) is 10.1. The van der Waals surface area contributed by atoms with Crippen LogP contribution < -0.4 is 14.8 Å². The Bertz CT molecular complexity index is 997. The van der Waals surface area contributed by atoms with Crippen molar-refractivity contribution < 1.29 is 19.1 Å². The molecule has 2 amide bonds. The molecule has 1 aliphatic rings. The SMILES string of the molecule is COc1ccc(Cl)cc1NC1=C(c2ccc(OC(C)C)cc2)C(=O)N(C(C)C)C1=O. The van der Waals surface area contributed by atoms with E-state index in [1.165, 1.54) is 12.0 Å². The smallest absolute Gasteiger partial charge is 0.278 e. The quantitative estimate of drug-likeness (QED) is 0.645. The predicted molar refractivity (Wildman–Crippen MR) is 118 cm³/mol. The van der Waals surface area contributed by atoms with Gasteiger partial charge in [-0.3, -0.25) is 14.5 Å². The van der Waals surface area contributed by atoms with Crippen molar-refractivity contribution in [2.45, 2.75) is 39.8 Å². The number of hydrogen-bond donors (Lipinski definition) is 1. The number of amides is 2. The molecular formula is C23H25ClN2O4. The molecule has 1 N–H and O–H groups in total. The van der Waals surface area contributed by atoms with Crippen molar-refractivity contribution in [1.82, 2.24) is 4.90 Å². The number of anilines is 1. The molecule has 0 saturated heterocycles. The van der Waals surface area contributed by atoms with Gasteiger partial charge < -0.3 is 14.8 Å². The number of carbonyl (C=O) groups is 2. The largest absolute Gasteiger partial charge is 0.495 e. The van der Waals surface area contributed by atoms with Crippen LogP contribution in [0.1, 0.15) is 33.3 Å². The van der Waals surface area contributed by atoms with Crippen LogP contribution in [0.5, 0.6) is 11.5 Å². The van der Waals surface area contributed by atoms with Crippen molar-refractivity contribution >= 4 is 34.7 Å². The lowest BCUT2D eigenvalue weighted by molar-refractivity contribution is -0.138. The lowest BCUT2D eigenvalue weighted by atomic mass is 10.0. The first-order valence-electron chi connectivity index (χ1n) is 9.72. The minimum absolute atomic E-state index is 0.0358. The van der Waals surface area contributed by atoms with E-state index < -0.39 is 5.91 Å². The minimum atomic E-state index is -0.394. The van der Waals surface area contributed by atoms with E-state index in [1.807, 2.05) is 13.8 Å². The van der Waals surface area contributed by atoms with Gasteiger partial charge in [0, 0.05) is 11.1 Å². The zero-order valence-corrected chi connectivity index (χ0v) is 18.4. The summed E-state index contributed by atoms with van der Waals surface area (Å²) in [5, 5.41) is 3.57. The van der Waals surface area contributed by atoms with Crippen LogP contribution in [-0.4, -0.2) is 36.0 Å². The molecule has 2 aromatic carbocycles. The van der Waals surface area contributed by atoms with E-state index in [4.69, 9.17) is 21.1 Å². The van der Waals surface area contributed by atoms with E-state index in [9.17, 15) is 9.59 Å². The number of hydrogen-bond acceptors (Lipinski definition) is 5. The lowest BCUT2D eigenvalue weighted by Crippen LogP contribution is -2.38. The number of halogens is 1. The molecular weight excluding hydrogens is 404 g/mol. The molecule has 0 atom stereocenters. The second-order valence-electron chi connectivity index (χ2n) is 7.48. The molecule has 0 radical (unpaired) electrons. The maximum absolute atomic E-state index is 13.2. The highest BCUT2D eigenvalue weighted by Crippen LogP contribution is 2.35. The highest BCUT2D eigenvalue weighted by atomic mass is 35.5. The Hall–Kier alpha value is -2.99. The molecule has 158 valence electrons. The maximum Gasteiger partial charge on any atom is 0.278 e. The second kappa shape index (κ2) is 8.79. The first-order chi connectivity index (χ1) is 14.2. The van der Waals surface area contributed by atoms with Crippen molar-refractivity contribution in [1.29, 1.82) is 0 Å². The Morgan fingerprint density at radius 2 is 1.63 bits per heavy atom. The molecule has 0 bridgehead atoms. The van der Waals surface area contributed by atoms with Crippen LogP contribution in [0.25, 0.3) is 5.57 Å². The molecule has 2 aromatic rings. The van der Waals surface area contributed by atoms with Crippen molar-refractivity contribution in [2.24, 2.45) is 0 Å². The predicted octanol–water partition coefficient (Wildman–Crippen LogP) is 4.74. The standard InChI is InChI=1S/C23H25ClN2O4/c1-13(2)26-22(27)20(15-6-9-17(10-7-15)30-14(3)4)21(23(26)28)25-18-12-16(24)8-11-19(18)29-5/h6-14,25H,1-5H3. The number of imide groups is 1. The highest BCUT2D eigenvalue weighted by Gasteiger charge is 2.40. The van der Waals surface area contributed by atoms with Gasteiger partial charge in [0.15, 0.2) is 0 Å². The summed E-state index contributed by atoms with van der Waals surface area (Å²) in [5.74, 6) is 0.457. The maximum atomic E-state index is 13.2. The summed E-state index contributed by atoms with van der Waals surface area (Å²) in [5.41, 5.74) is 1.61. The molecule has 1 aliphatic heterocycles. The van der Waals surface area contributed by atoms with Gasteiger partial charge in [0.05, 0.1) is 24.5 Å². The van der Waals surface area contributed by atoms with Crippen LogP contribution >= 0.6 is 11.6 Å². The van der Waals surface area contributed by atoms with Crippen molar-refractivity contribution in [3.63, 3.8) is 0 Å². The van der Waals surface area contributed by atoms with Crippen LogP contribution in [0.15, 0.2) is 48.2 Å². The third kappa shape index (κ3) is 4.28. The van der Waals surface area contributed by atoms with Crippen LogP contribution in [0.4, 0.5) is 5.69 Å². The van der Waals surface area contributed by atoms with E-state index in [2.05, 4.69) is 5.32 Å². The third-order valence-electron chi connectivity index (χ3n) is 4.57. The summed E-state index contributed by atoms with van der Waals surface area (Å²) in [6, 6.07) is 11.9. The van der Waals surface area contributed by atoms with E-state index in [-0.39, 0.29) is 23.8 Å². The van der Waals surface area contributed by atoms with E-state index >= 15 is 0 Å². The Balaban J connectivity index is 2.08. The summed E-state index contributed by atoms with van der Waals surface area (Å²) in [6.07, 6.45) is 0.0358. The fraction of sp³-hybridized carbons (Fsp3) is 0.304. The van der Waals surface area contributed by atoms with Gasteiger partial charge in [0.2, 0.25) is 0 Å². The normalized spacial score (nSPS) is 14.2. The van der Waals surface area contributed by atoms with Crippen molar-refractivity contribution in [2.75, 3.05) is 12.4 Å². The molecule has 6 nitrogen and oxygen atoms in total. The summed E-state index contributed by atoms with van der Waals surface area (Å²) in [6.45, 7) is 7.48. The molecule has 0 fully saturated rings. The van der Waals surface area contributed by atoms with Crippen molar-refractivity contribution in [3.05, 3.63) is 58.7 Å². The number of methoxy groups -OCH3 is 1. The Morgan fingerprint density at radius 3 is 2.20 bits per heavy atom. The number of rotatable bonds is 7. The summed E-state index contributed by atoms with van der Waals surface area (Å²) < 4.78 is 11.1. The van der Waals surface area contributed by atoms with Gasteiger partial charge in [-0.2, -0.15) is 0 Å². The number of nitrogens with one attached hydrogen (secondary N) is 1. The molecule has 0 spiro atoms. The number of carbonyl (C=O) groups excluding carboxylic acids is 2. The molecule has 0 unspecified atom stereocenters. The number of benzene rings is 2. The average molecular weight is 429 g/mol. The van der Waals surface area contributed by atoms with Gasteiger partial charge in [-0.1, -0.05) is 23.7 Å². The topological polar surface area (TPSA) is 67.9 Å². The first kappa shape index (κ1) is 21.7. The number of ether oxygens (including phenoxy) is 2. The third-order valence-corrected chi connectivity index (χ3v) is 4.80. The molecule has 0 saturated carbocycles. The molecule has 0 aromatic heterocycles. The fourth-order valence-corrected chi connectivity index (χ4v) is 3.46. The molecule has 7 heteroatoms. The van der Waals surface area contributed by atoms with E-state index in [0.29, 0.717) is 33.3 Å². The highest BCUT2D eigenvalue weighted by molar-refractivity contribution is 6.37. The van der Waals surface area contributed by atoms with Crippen LogP contribution in [0, 0.1) is 0 Å².